The lowest BCUT2D eigenvalue weighted by Crippen LogP contribution is -2.46. The second-order valence-corrected chi connectivity index (χ2v) is 4.95. The highest BCUT2D eigenvalue weighted by Crippen LogP contribution is 2.10. The van der Waals surface area contributed by atoms with E-state index in [4.69, 9.17) is 0 Å². The zero-order valence-electron chi connectivity index (χ0n) is 11.9. The van der Waals surface area contributed by atoms with Crippen LogP contribution in [-0.4, -0.2) is 56.1 Å². The molecular formula is C12H20N6O2. The minimum atomic E-state index is -0.0896. The predicted octanol–water partition coefficient (Wildman–Crippen LogP) is -0.637. The van der Waals surface area contributed by atoms with Crippen molar-refractivity contribution in [1.82, 2.24) is 30.4 Å². The van der Waals surface area contributed by atoms with Crippen LogP contribution in [0.2, 0.25) is 0 Å². The number of aromatic nitrogens is 4. The molecule has 110 valence electrons. The summed E-state index contributed by atoms with van der Waals surface area (Å²) in [4.78, 5) is 25.0. The average Bonchev–Trinajstić information content (AvgIpc) is 2.86. The van der Waals surface area contributed by atoms with Crippen LogP contribution >= 0.6 is 0 Å². The molecule has 2 amide bonds. The summed E-state index contributed by atoms with van der Waals surface area (Å²) in [5.74, 6) is 0.705. The lowest BCUT2D eigenvalue weighted by molar-refractivity contribution is -0.130. The molecule has 8 heteroatoms. The molecule has 2 rings (SSSR count). The Kier molecular flexibility index (Phi) is 4.65. The Balaban J connectivity index is 1.80. The number of carbonyl (C=O) groups is 2. The third kappa shape index (κ3) is 3.52. The van der Waals surface area contributed by atoms with Crippen molar-refractivity contribution < 1.29 is 9.59 Å². The molecule has 1 aliphatic heterocycles. The van der Waals surface area contributed by atoms with E-state index in [2.05, 4.69) is 20.8 Å². The first-order valence-electron chi connectivity index (χ1n) is 6.90. The van der Waals surface area contributed by atoms with Gasteiger partial charge in [-0.05, 0) is 23.3 Å². The molecule has 1 N–H and O–H groups in total. The fourth-order valence-corrected chi connectivity index (χ4v) is 2.35. The Bertz CT molecular complexity index is 478. The fraction of sp³-hybridized carbons (Fsp3) is 0.750. The molecule has 1 saturated heterocycles. The Labute approximate surface area is 117 Å². The lowest BCUT2D eigenvalue weighted by atomic mass is 10.1. The maximum absolute atomic E-state index is 12.0. The molecule has 0 aliphatic carbocycles. The molecule has 0 aromatic carbocycles. The maximum Gasteiger partial charge on any atom is 0.242 e. The first-order valence-corrected chi connectivity index (χ1v) is 6.90. The zero-order chi connectivity index (χ0) is 14.5. The van der Waals surface area contributed by atoms with Crippen LogP contribution in [-0.2, 0) is 22.6 Å². The Morgan fingerprint density at radius 2 is 2.05 bits per heavy atom. The second kappa shape index (κ2) is 6.44. The summed E-state index contributed by atoms with van der Waals surface area (Å²) >= 11 is 0. The van der Waals surface area contributed by atoms with Crippen LogP contribution < -0.4 is 5.32 Å². The van der Waals surface area contributed by atoms with Gasteiger partial charge in [0.15, 0.2) is 5.82 Å². The van der Waals surface area contributed by atoms with Crippen LogP contribution in [0.5, 0.6) is 0 Å². The topological polar surface area (TPSA) is 93.0 Å². The van der Waals surface area contributed by atoms with E-state index in [0.717, 1.165) is 12.8 Å². The number of tetrazole rings is 1. The van der Waals surface area contributed by atoms with Crippen LogP contribution in [0.3, 0.4) is 0 Å². The summed E-state index contributed by atoms with van der Waals surface area (Å²) in [6, 6.07) is 0.125. The van der Waals surface area contributed by atoms with Gasteiger partial charge in [-0.15, -0.1) is 5.10 Å². The highest BCUT2D eigenvalue weighted by molar-refractivity contribution is 5.76. The van der Waals surface area contributed by atoms with Gasteiger partial charge in [0.25, 0.3) is 0 Å². The molecule has 0 saturated carbocycles. The van der Waals surface area contributed by atoms with E-state index >= 15 is 0 Å². The van der Waals surface area contributed by atoms with E-state index in [1.807, 2.05) is 6.92 Å². The van der Waals surface area contributed by atoms with Gasteiger partial charge in [0.2, 0.25) is 11.8 Å². The number of hydrogen-bond acceptors (Lipinski definition) is 5. The summed E-state index contributed by atoms with van der Waals surface area (Å²) < 4.78 is 1.51. The lowest BCUT2D eigenvalue weighted by Gasteiger charge is -2.31. The Hall–Kier alpha value is -1.99. The zero-order valence-corrected chi connectivity index (χ0v) is 11.9. The number of amides is 2. The molecular weight excluding hydrogens is 260 g/mol. The van der Waals surface area contributed by atoms with Gasteiger partial charge in [0, 0.05) is 32.5 Å². The largest absolute Gasteiger partial charge is 0.352 e. The van der Waals surface area contributed by atoms with Gasteiger partial charge in [-0.3, -0.25) is 9.59 Å². The highest BCUT2D eigenvalue weighted by atomic mass is 16.2. The van der Waals surface area contributed by atoms with Crippen LogP contribution in [0.4, 0.5) is 0 Å². The molecule has 1 fully saturated rings. The smallest absolute Gasteiger partial charge is 0.242 e. The van der Waals surface area contributed by atoms with Crippen LogP contribution in [0.25, 0.3) is 0 Å². The monoisotopic (exact) mass is 280 g/mol. The van der Waals surface area contributed by atoms with E-state index in [0.29, 0.717) is 25.3 Å². The summed E-state index contributed by atoms with van der Waals surface area (Å²) in [5.41, 5.74) is 0. The third-order valence-corrected chi connectivity index (χ3v) is 3.52. The van der Waals surface area contributed by atoms with E-state index in [9.17, 15) is 9.59 Å². The van der Waals surface area contributed by atoms with Crippen molar-refractivity contribution in [3.05, 3.63) is 5.82 Å². The fourth-order valence-electron chi connectivity index (χ4n) is 2.35. The minimum Gasteiger partial charge on any atom is -0.352 e. The van der Waals surface area contributed by atoms with E-state index in [-0.39, 0.29) is 24.4 Å². The third-order valence-electron chi connectivity index (χ3n) is 3.52. The summed E-state index contributed by atoms with van der Waals surface area (Å²) in [6.07, 6.45) is 2.28. The highest BCUT2D eigenvalue weighted by Gasteiger charge is 2.22. The quantitative estimate of drug-likeness (QED) is 0.792. The Morgan fingerprint density at radius 3 is 2.65 bits per heavy atom. The molecule has 0 radical (unpaired) electrons. The van der Waals surface area contributed by atoms with Gasteiger partial charge in [0.1, 0.15) is 6.54 Å². The second-order valence-electron chi connectivity index (χ2n) is 4.95. The van der Waals surface area contributed by atoms with E-state index in [1.54, 1.807) is 11.8 Å². The van der Waals surface area contributed by atoms with Crippen molar-refractivity contribution in [2.45, 2.75) is 45.7 Å². The summed E-state index contributed by atoms with van der Waals surface area (Å²) in [5, 5.41) is 14.2. The number of piperidine rings is 1. The number of carbonyl (C=O) groups excluding carboxylic acids is 2. The summed E-state index contributed by atoms with van der Waals surface area (Å²) in [7, 11) is 0. The van der Waals surface area contributed by atoms with Crippen molar-refractivity contribution in [3.8, 4) is 0 Å². The van der Waals surface area contributed by atoms with Crippen LogP contribution in [0, 0.1) is 0 Å². The maximum atomic E-state index is 12.0. The normalized spacial score (nSPS) is 16.2. The number of rotatable bonds is 4. The van der Waals surface area contributed by atoms with Gasteiger partial charge < -0.3 is 10.2 Å². The van der Waals surface area contributed by atoms with Crippen LogP contribution in [0.15, 0.2) is 0 Å². The molecule has 8 nitrogen and oxygen atoms in total. The van der Waals surface area contributed by atoms with Gasteiger partial charge in [-0.1, -0.05) is 6.92 Å². The molecule has 1 aliphatic rings. The first-order chi connectivity index (χ1) is 9.60. The van der Waals surface area contributed by atoms with Gasteiger partial charge in [-0.25, -0.2) is 4.68 Å². The van der Waals surface area contributed by atoms with Gasteiger partial charge >= 0.3 is 0 Å². The number of nitrogens with one attached hydrogen (secondary N) is 1. The number of likely N-dealkylation sites (tertiary alicyclic amines) is 1. The molecule has 1 aromatic heterocycles. The number of hydrogen-bond donors (Lipinski definition) is 1. The van der Waals surface area contributed by atoms with Crippen molar-refractivity contribution >= 4 is 11.8 Å². The molecule has 0 spiro atoms. The molecule has 0 bridgehead atoms. The molecule has 20 heavy (non-hydrogen) atoms. The molecule has 0 atom stereocenters. The van der Waals surface area contributed by atoms with Crippen molar-refractivity contribution in [2.24, 2.45) is 0 Å². The summed E-state index contributed by atoms with van der Waals surface area (Å²) in [6.45, 7) is 5.06. The average molecular weight is 280 g/mol. The van der Waals surface area contributed by atoms with E-state index in [1.165, 1.54) is 4.68 Å². The van der Waals surface area contributed by atoms with E-state index < -0.39 is 0 Å². The predicted molar refractivity (Wildman–Crippen MR) is 70.6 cm³/mol. The van der Waals surface area contributed by atoms with Crippen molar-refractivity contribution in [1.29, 1.82) is 0 Å². The van der Waals surface area contributed by atoms with Crippen molar-refractivity contribution in [3.63, 3.8) is 0 Å². The number of aryl methyl sites for hydroxylation is 1. The molecule has 0 unspecified atom stereocenters. The first kappa shape index (κ1) is 14.4. The van der Waals surface area contributed by atoms with Crippen LogP contribution in [0.1, 0.15) is 32.5 Å². The minimum absolute atomic E-state index is 0.0896. The molecule has 2 heterocycles. The van der Waals surface area contributed by atoms with Gasteiger partial charge in [-0.2, -0.15) is 0 Å². The molecule has 1 aromatic rings. The Morgan fingerprint density at radius 1 is 1.35 bits per heavy atom. The SMILES string of the molecule is CCc1nnnn1CC(=O)NC1CCN(C(C)=O)CC1. The number of nitrogens with zero attached hydrogens (tertiary/aromatic N) is 5. The standard InChI is InChI=1S/C12H20N6O2/c1-3-11-14-15-16-18(11)8-12(20)13-10-4-6-17(7-5-10)9(2)19/h10H,3-8H2,1-2H3,(H,13,20). The van der Waals surface area contributed by atoms with Gasteiger partial charge in [0.05, 0.1) is 0 Å². The van der Waals surface area contributed by atoms with Crippen molar-refractivity contribution in [2.75, 3.05) is 13.1 Å².